The highest BCUT2D eigenvalue weighted by atomic mass is 32.2. The zero-order chi connectivity index (χ0) is 21.9. The molecule has 0 unspecified atom stereocenters. The molecular weight excluding hydrogens is 424 g/mol. The summed E-state index contributed by atoms with van der Waals surface area (Å²) in [5.74, 6) is 2.81. The van der Waals surface area contributed by atoms with Gasteiger partial charge in [-0.3, -0.25) is 9.36 Å². The molecule has 3 heterocycles. The SMILES string of the molecule is Cc1nnc(SCC(=O)N2CCC[C@H]2c2ccc3c(c2)OCCCO3)n1-c1ccccc1. The van der Waals surface area contributed by atoms with E-state index in [9.17, 15) is 4.79 Å². The minimum Gasteiger partial charge on any atom is -0.490 e. The van der Waals surface area contributed by atoms with Crippen LogP contribution in [0.1, 0.15) is 36.7 Å². The van der Waals surface area contributed by atoms with E-state index >= 15 is 0 Å². The predicted molar refractivity (Wildman–Crippen MR) is 123 cm³/mol. The molecule has 2 aromatic carbocycles. The lowest BCUT2D eigenvalue weighted by atomic mass is 10.0. The molecule has 0 bridgehead atoms. The monoisotopic (exact) mass is 450 g/mol. The number of hydrogen-bond acceptors (Lipinski definition) is 6. The highest BCUT2D eigenvalue weighted by Crippen LogP contribution is 2.38. The topological polar surface area (TPSA) is 69.5 Å². The molecule has 2 aliphatic rings. The quantitative estimate of drug-likeness (QED) is 0.543. The first-order chi connectivity index (χ1) is 15.7. The summed E-state index contributed by atoms with van der Waals surface area (Å²) >= 11 is 1.43. The third-order valence-corrected chi connectivity index (χ3v) is 6.78. The number of likely N-dealkylation sites (tertiary alicyclic amines) is 1. The third kappa shape index (κ3) is 4.19. The van der Waals surface area contributed by atoms with E-state index in [-0.39, 0.29) is 11.9 Å². The zero-order valence-electron chi connectivity index (χ0n) is 18.1. The number of para-hydroxylation sites is 1. The predicted octanol–water partition coefficient (Wildman–Crippen LogP) is 4.19. The molecule has 7 nitrogen and oxygen atoms in total. The van der Waals surface area contributed by atoms with E-state index in [1.165, 1.54) is 11.8 Å². The number of nitrogens with zero attached hydrogens (tertiary/aromatic N) is 4. The van der Waals surface area contributed by atoms with Crippen LogP contribution in [0.3, 0.4) is 0 Å². The van der Waals surface area contributed by atoms with Gasteiger partial charge in [0.25, 0.3) is 0 Å². The normalized spacial score (nSPS) is 17.9. The van der Waals surface area contributed by atoms with Crippen molar-refractivity contribution in [1.82, 2.24) is 19.7 Å². The Morgan fingerprint density at radius 3 is 2.72 bits per heavy atom. The average molecular weight is 451 g/mol. The number of amides is 1. The Labute approximate surface area is 191 Å². The van der Waals surface area contributed by atoms with Gasteiger partial charge in [-0.15, -0.1) is 10.2 Å². The van der Waals surface area contributed by atoms with Crippen molar-refractivity contribution in [1.29, 1.82) is 0 Å². The first-order valence-electron chi connectivity index (χ1n) is 11.0. The van der Waals surface area contributed by atoms with Gasteiger partial charge in [0.15, 0.2) is 16.7 Å². The molecule has 1 aromatic heterocycles. The molecule has 0 N–H and O–H groups in total. The van der Waals surface area contributed by atoms with E-state index < -0.39 is 0 Å². The van der Waals surface area contributed by atoms with Gasteiger partial charge in [0.1, 0.15) is 5.82 Å². The smallest absolute Gasteiger partial charge is 0.233 e. The summed E-state index contributed by atoms with van der Waals surface area (Å²) in [5.41, 5.74) is 2.10. The fourth-order valence-electron chi connectivity index (χ4n) is 4.32. The molecule has 0 aliphatic carbocycles. The fourth-order valence-corrected chi connectivity index (χ4v) is 5.20. The standard InChI is InChI=1S/C24H26N4O3S/c1-17-25-26-24(28(17)19-7-3-2-4-8-19)32-16-23(29)27-12-5-9-20(27)18-10-11-21-22(15-18)31-14-6-13-30-21/h2-4,7-8,10-11,15,20H,5-6,9,12-14,16H2,1H3/t20-/m0/s1. The Balaban J connectivity index is 1.30. The first-order valence-corrected chi connectivity index (χ1v) is 12.0. The number of hydrogen-bond donors (Lipinski definition) is 0. The Morgan fingerprint density at radius 1 is 1.06 bits per heavy atom. The van der Waals surface area contributed by atoms with E-state index in [1.54, 1.807) is 0 Å². The Hall–Kier alpha value is -3.00. The summed E-state index contributed by atoms with van der Waals surface area (Å²) in [6, 6.07) is 16.1. The number of carbonyl (C=O) groups excluding carboxylic acids is 1. The summed E-state index contributed by atoms with van der Waals surface area (Å²) in [6.07, 6.45) is 2.83. The molecule has 8 heteroatoms. The van der Waals surface area contributed by atoms with E-state index in [1.807, 2.05) is 58.9 Å². The van der Waals surface area contributed by atoms with Gasteiger partial charge < -0.3 is 14.4 Å². The first kappa shape index (κ1) is 20.9. The maximum atomic E-state index is 13.2. The van der Waals surface area contributed by atoms with E-state index in [0.717, 1.165) is 59.5 Å². The lowest BCUT2D eigenvalue weighted by Gasteiger charge is -2.25. The van der Waals surface area contributed by atoms with Gasteiger partial charge in [-0.2, -0.15) is 0 Å². The largest absolute Gasteiger partial charge is 0.490 e. The summed E-state index contributed by atoms with van der Waals surface area (Å²) in [6.45, 7) is 4.02. The van der Waals surface area contributed by atoms with Crippen molar-refractivity contribution in [3.63, 3.8) is 0 Å². The van der Waals surface area contributed by atoms with Crippen LogP contribution in [0.15, 0.2) is 53.7 Å². The van der Waals surface area contributed by atoms with Crippen LogP contribution in [0.5, 0.6) is 11.5 Å². The average Bonchev–Trinajstić information content (AvgIpc) is 3.38. The molecule has 3 aromatic rings. The second kappa shape index (κ2) is 9.24. The Bertz CT molecular complexity index is 1100. The summed E-state index contributed by atoms with van der Waals surface area (Å²) in [7, 11) is 0. The number of benzene rings is 2. The van der Waals surface area contributed by atoms with E-state index in [2.05, 4.69) is 16.3 Å². The van der Waals surface area contributed by atoms with Crippen LogP contribution >= 0.6 is 11.8 Å². The van der Waals surface area contributed by atoms with Gasteiger partial charge in [-0.1, -0.05) is 36.0 Å². The highest BCUT2D eigenvalue weighted by Gasteiger charge is 2.31. The summed E-state index contributed by atoms with van der Waals surface area (Å²) in [4.78, 5) is 15.2. The number of thioether (sulfide) groups is 1. The number of ether oxygens (including phenoxy) is 2. The van der Waals surface area contributed by atoms with Crippen LogP contribution in [0.4, 0.5) is 0 Å². The zero-order valence-corrected chi connectivity index (χ0v) is 18.9. The number of aromatic nitrogens is 3. The van der Waals surface area contributed by atoms with Gasteiger partial charge in [0.05, 0.1) is 25.0 Å². The molecule has 5 rings (SSSR count). The number of fused-ring (bicyclic) bond motifs is 1. The van der Waals surface area contributed by atoms with Crippen LogP contribution in [0.2, 0.25) is 0 Å². The van der Waals surface area contributed by atoms with Crippen molar-refractivity contribution in [3.05, 3.63) is 59.9 Å². The molecule has 166 valence electrons. The summed E-state index contributed by atoms with van der Waals surface area (Å²) in [5, 5.41) is 9.25. The molecule has 0 radical (unpaired) electrons. The molecule has 2 aliphatic heterocycles. The maximum Gasteiger partial charge on any atom is 0.233 e. The Kier molecular flexibility index (Phi) is 6.03. The van der Waals surface area contributed by atoms with Crippen molar-refractivity contribution < 1.29 is 14.3 Å². The number of carbonyl (C=O) groups is 1. The Morgan fingerprint density at radius 2 is 1.88 bits per heavy atom. The minimum absolute atomic E-state index is 0.0639. The van der Waals surface area contributed by atoms with Gasteiger partial charge in [0.2, 0.25) is 5.91 Å². The molecule has 0 spiro atoms. The summed E-state index contributed by atoms with van der Waals surface area (Å²) < 4.78 is 13.6. The number of rotatable bonds is 5. The second-order valence-corrected chi connectivity index (χ2v) is 8.93. The van der Waals surface area contributed by atoms with Crippen molar-refractivity contribution in [2.75, 3.05) is 25.5 Å². The van der Waals surface area contributed by atoms with Crippen molar-refractivity contribution in [2.24, 2.45) is 0 Å². The van der Waals surface area contributed by atoms with Crippen LogP contribution in [-0.2, 0) is 4.79 Å². The molecule has 1 atom stereocenters. The molecule has 1 saturated heterocycles. The van der Waals surface area contributed by atoms with Crippen LogP contribution in [0, 0.1) is 6.92 Å². The lowest BCUT2D eigenvalue weighted by Crippen LogP contribution is -2.32. The van der Waals surface area contributed by atoms with Gasteiger partial charge in [0, 0.05) is 18.7 Å². The maximum absolute atomic E-state index is 13.2. The number of aryl methyl sites for hydroxylation is 1. The highest BCUT2D eigenvalue weighted by molar-refractivity contribution is 7.99. The van der Waals surface area contributed by atoms with E-state index in [4.69, 9.17) is 9.47 Å². The van der Waals surface area contributed by atoms with Gasteiger partial charge in [-0.25, -0.2) is 0 Å². The van der Waals surface area contributed by atoms with Crippen molar-refractivity contribution in [2.45, 2.75) is 37.4 Å². The second-order valence-electron chi connectivity index (χ2n) is 7.99. The van der Waals surface area contributed by atoms with Crippen LogP contribution < -0.4 is 9.47 Å². The molecular formula is C24H26N4O3S. The molecule has 32 heavy (non-hydrogen) atoms. The van der Waals surface area contributed by atoms with Crippen LogP contribution in [-0.4, -0.2) is 51.1 Å². The fraction of sp³-hybridized carbons (Fsp3) is 0.375. The van der Waals surface area contributed by atoms with Crippen molar-refractivity contribution >= 4 is 17.7 Å². The minimum atomic E-state index is 0.0639. The lowest BCUT2D eigenvalue weighted by molar-refractivity contribution is -0.129. The molecule has 1 amide bonds. The third-order valence-electron chi connectivity index (χ3n) is 5.86. The van der Waals surface area contributed by atoms with Crippen LogP contribution in [0.25, 0.3) is 5.69 Å². The van der Waals surface area contributed by atoms with E-state index in [0.29, 0.717) is 19.0 Å². The van der Waals surface area contributed by atoms with Gasteiger partial charge >= 0.3 is 0 Å². The van der Waals surface area contributed by atoms with Gasteiger partial charge in [-0.05, 0) is 49.6 Å². The molecule has 0 saturated carbocycles. The van der Waals surface area contributed by atoms with Crippen molar-refractivity contribution in [3.8, 4) is 17.2 Å². The molecule has 1 fully saturated rings.